The molecule has 0 unspecified atom stereocenters. The first-order chi connectivity index (χ1) is 1.41. The van der Waals surface area contributed by atoms with E-state index in [-0.39, 0.29) is 29.6 Å². The quantitative estimate of drug-likeness (QED) is 0.378. The van der Waals surface area contributed by atoms with Crippen molar-refractivity contribution < 1.29 is 3.80 Å². The summed E-state index contributed by atoms with van der Waals surface area (Å²) in [4.78, 5) is 0. The van der Waals surface area contributed by atoms with Crippen LogP contribution in [0.5, 0.6) is 0 Å². The van der Waals surface area contributed by atoms with Gasteiger partial charge in [0.15, 0.2) is 0 Å². The fourth-order valence-electron chi connectivity index (χ4n) is 0. The van der Waals surface area contributed by atoms with Crippen molar-refractivity contribution in [3.05, 3.63) is 0 Å². The first-order valence-electron chi connectivity index (χ1n) is 0.454. The first kappa shape index (κ1) is 9.16. The summed E-state index contributed by atoms with van der Waals surface area (Å²) in [6.07, 6.45) is 0. The van der Waals surface area contributed by atoms with Crippen LogP contribution in [0.25, 0.3) is 0 Å². The molecule has 0 atom stereocenters. The van der Waals surface area contributed by atoms with Crippen molar-refractivity contribution in [3.8, 4) is 0 Å². The van der Waals surface area contributed by atoms with E-state index in [1.165, 1.54) is 0 Å². The summed E-state index contributed by atoms with van der Waals surface area (Å²) < 4.78 is 8.78. The third-order valence-electron chi connectivity index (χ3n) is 0. The van der Waals surface area contributed by atoms with Crippen molar-refractivity contribution in [3.63, 3.8) is 0 Å². The van der Waals surface area contributed by atoms with E-state index in [1.807, 2.05) is 0 Å². The van der Waals surface area contributed by atoms with Gasteiger partial charge in [0.2, 0.25) is 0 Å². The second kappa shape index (κ2) is 8.82. The van der Waals surface area contributed by atoms with Crippen LogP contribution in [0.4, 0.5) is 0 Å². The summed E-state index contributed by atoms with van der Waals surface area (Å²) in [6, 6.07) is 0. The normalized spacial score (nSPS) is 2.25. The van der Waals surface area contributed by atoms with Crippen molar-refractivity contribution in [1.29, 1.82) is 0 Å². The van der Waals surface area contributed by atoms with E-state index in [2.05, 4.69) is 10.0 Å². The molecule has 0 aromatic heterocycles. The predicted molar refractivity (Wildman–Crippen MR) is 19.4 cm³/mol. The molecule has 0 fully saturated rings. The van der Waals surface area contributed by atoms with Gasteiger partial charge in [0.1, 0.15) is 0 Å². The molecule has 0 bridgehead atoms. The summed E-state index contributed by atoms with van der Waals surface area (Å²) in [6.45, 7) is 0. The molecule has 0 aliphatic carbocycles. The van der Waals surface area contributed by atoms with Gasteiger partial charge in [-0.1, -0.05) is 0 Å². The Morgan fingerprint density at radius 3 is 1.75 bits per heavy atom. The Hall–Kier alpha value is 1.62. The Kier molecular flexibility index (Phi) is 20.2. The second-order valence-corrected chi connectivity index (χ2v) is 0.802. The first-order valence-corrected chi connectivity index (χ1v) is 2.67. The Morgan fingerprint density at radius 2 is 1.75 bits per heavy atom. The molecule has 0 heterocycles. The van der Waals surface area contributed by atoms with Gasteiger partial charge in [-0.05, 0) is 0 Å². The molecule has 4 heteroatoms. The molecule has 0 aromatic carbocycles. The maximum atomic E-state index is 8.78. The van der Waals surface area contributed by atoms with E-state index < -0.39 is 14.2 Å². The Balaban J connectivity index is 0. The zero-order valence-electron chi connectivity index (χ0n) is 1.36. The molecule has 0 aromatic rings. The average Bonchev–Trinajstić information content (AvgIpc) is 0.918. The number of hydrogen-bond donors (Lipinski definition) is 0. The van der Waals surface area contributed by atoms with Crippen molar-refractivity contribution in [2.45, 2.75) is 0 Å². The van der Waals surface area contributed by atoms with Gasteiger partial charge in [-0.25, -0.2) is 0 Å². The molecular weight excluding hydrogens is 101 g/mol. The van der Waals surface area contributed by atoms with Crippen molar-refractivity contribution in [2.75, 3.05) is 0 Å². The molecule has 0 spiro atoms. The van der Waals surface area contributed by atoms with Crippen LogP contribution in [0.1, 0.15) is 0 Å². The minimum atomic E-state index is -1.03. The van der Waals surface area contributed by atoms with Crippen LogP contribution in [-0.2, 0) is 3.80 Å². The molecule has 0 aliphatic heterocycles. The molecule has 0 amide bonds. The van der Waals surface area contributed by atoms with Gasteiger partial charge in [-0.15, -0.1) is 0 Å². The van der Waals surface area contributed by atoms with E-state index in [4.69, 9.17) is 3.80 Å². The predicted octanol–water partition coefficient (Wildman–Crippen LogP) is -0.459. The van der Waals surface area contributed by atoms with Crippen molar-refractivity contribution in [1.82, 2.24) is 0 Å². The SMILES string of the molecule is [NaH].[O]=[Al][Cl]. The van der Waals surface area contributed by atoms with Crippen molar-refractivity contribution >= 4 is 53.8 Å². The van der Waals surface area contributed by atoms with Crippen LogP contribution in [-0.4, -0.2) is 43.8 Å². The van der Waals surface area contributed by atoms with E-state index >= 15 is 0 Å². The average molecular weight is 102 g/mol. The molecule has 4 heavy (non-hydrogen) atoms. The van der Waals surface area contributed by atoms with Crippen LogP contribution in [0, 0.1) is 0 Å². The van der Waals surface area contributed by atoms with Gasteiger partial charge in [0.05, 0.1) is 0 Å². The fraction of sp³-hybridized carbons (Fsp3) is 0. The summed E-state index contributed by atoms with van der Waals surface area (Å²) in [5.41, 5.74) is 0. The molecule has 0 saturated heterocycles. The van der Waals surface area contributed by atoms with E-state index in [9.17, 15) is 0 Å². The van der Waals surface area contributed by atoms with Gasteiger partial charge in [0.25, 0.3) is 0 Å². The van der Waals surface area contributed by atoms with E-state index in [0.29, 0.717) is 0 Å². The summed E-state index contributed by atoms with van der Waals surface area (Å²) in [5.74, 6) is 0. The topological polar surface area (TPSA) is 17.1 Å². The molecule has 18 valence electrons. The minimum absolute atomic E-state index is 0. The molecular formula is HAlClNaO. The standard InChI is InChI=1S/Al.ClH.Na.O.H/h;1H;;;/q+1;;;;/p-1. The number of halogens is 1. The number of hydrogen-bond acceptors (Lipinski definition) is 1. The molecule has 0 rings (SSSR count). The van der Waals surface area contributed by atoms with Gasteiger partial charge in [-0.3, -0.25) is 0 Å². The van der Waals surface area contributed by atoms with Gasteiger partial charge in [-0.2, -0.15) is 0 Å². The van der Waals surface area contributed by atoms with Crippen LogP contribution in [0.15, 0.2) is 0 Å². The zero-order chi connectivity index (χ0) is 2.71. The Labute approximate surface area is 57.1 Å². The molecule has 1 nitrogen and oxygen atoms in total. The van der Waals surface area contributed by atoms with E-state index in [1.54, 1.807) is 0 Å². The van der Waals surface area contributed by atoms with Crippen LogP contribution in [0.3, 0.4) is 0 Å². The maximum absolute atomic E-state index is 8.78. The van der Waals surface area contributed by atoms with Gasteiger partial charge in [0, 0.05) is 0 Å². The monoisotopic (exact) mass is 102 g/mol. The summed E-state index contributed by atoms with van der Waals surface area (Å²) >= 11 is -1.03. The second-order valence-electron chi connectivity index (χ2n) is 0.0891. The van der Waals surface area contributed by atoms with Gasteiger partial charge < -0.3 is 0 Å². The third-order valence-corrected chi connectivity index (χ3v) is 0. The molecule has 0 saturated carbocycles. The summed E-state index contributed by atoms with van der Waals surface area (Å²) in [5, 5.41) is 0. The fourth-order valence-corrected chi connectivity index (χ4v) is 0. The van der Waals surface area contributed by atoms with Crippen LogP contribution >= 0.6 is 10.0 Å². The van der Waals surface area contributed by atoms with E-state index in [0.717, 1.165) is 0 Å². The number of rotatable bonds is 0. The van der Waals surface area contributed by atoms with Crippen LogP contribution < -0.4 is 0 Å². The van der Waals surface area contributed by atoms with Gasteiger partial charge >= 0.3 is 57.6 Å². The van der Waals surface area contributed by atoms with Crippen molar-refractivity contribution in [2.24, 2.45) is 0 Å². The molecule has 0 N–H and O–H groups in total. The molecule has 0 aliphatic rings. The Morgan fingerprint density at radius 1 is 1.75 bits per heavy atom. The van der Waals surface area contributed by atoms with Crippen LogP contribution in [0.2, 0.25) is 0 Å². The third kappa shape index (κ3) is 9.46. The Bertz CT molecular complexity index is 15.5. The zero-order valence-corrected chi connectivity index (χ0v) is 3.27. The molecule has 0 radical (unpaired) electrons. The summed E-state index contributed by atoms with van der Waals surface area (Å²) in [7, 11) is 4.53.